The average Bonchev–Trinajstić information content (AvgIpc) is 2.37. The largest absolute Gasteiger partial charge is 0.469 e. The second kappa shape index (κ2) is 6.79. The van der Waals surface area contributed by atoms with Crippen LogP contribution >= 0.6 is 0 Å². The zero-order valence-corrected chi connectivity index (χ0v) is 12.0. The van der Waals surface area contributed by atoms with Crippen LogP contribution in [0.1, 0.15) is 38.7 Å². The number of hydrogen-bond acceptors (Lipinski definition) is 3. The molecule has 2 unspecified atom stereocenters. The smallest absolute Gasteiger partial charge is 0.311 e. The van der Waals surface area contributed by atoms with Crippen LogP contribution in [0.15, 0.2) is 18.2 Å². The first-order valence-electron chi connectivity index (χ1n) is 6.59. The van der Waals surface area contributed by atoms with Gasteiger partial charge >= 0.3 is 5.97 Å². The molecule has 3 nitrogen and oxygen atoms in total. The van der Waals surface area contributed by atoms with Gasteiger partial charge in [-0.25, -0.2) is 8.78 Å². The maximum Gasteiger partial charge on any atom is 0.311 e. The van der Waals surface area contributed by atoms with E-state index in [1.54, 1.807) is 0 Å². The maximum absolute atomic E-state index is 13.3. The van der Waals surface area contributed by atoms with Crippen LogP contribution in [0, 0.1) is 17.6 Å². The zero-order valence-electron chi connectivity index (χ0n) is 12.0. The van der Waals surface area contributed by atoms with Gasteiger partial charge in [0.15, 0.2) is 0 Å². The van der Waals surface area contributed by atoms with Crippen molar-refractivity contribution in [3.05, 3.63) is 35.4 Å². The molecule has 1 rings (SSSR count). The van der Waals surface area contributed by atoms with E-state index in [4.69, 9.17) is 4.74 Å². The van der Waals surface area contributed by atoms with E-state index in [2.05, 4.69) is 0 Å². The Morgan fingerprint density at radius 1 is 1.35 bits per heavy atom. The van der Waals surface area contributed by atoms with Crippen LogP contribution in [-0.4, -0.2) is 18.2 Å². The molecule has 1 aromatic rings. The first-order chi connectivity index (χ1) is 9.32. The topological polar surface area (TPSA) is 46.5 Å². The predicted molar refractivity (Wildman–Crippen MR) is 71.0 cm³/mol. The maximum atomic E-state index is 13.3. The second-order valence-electron chi connectivity index (χ2n) is 5.02. The van der Waals surface area contributed by atoms with Crippen LogP contribution in [0.25, 0.3) is 0 Å². The van der Waals surface area contributed by atoms with Crippen LogP contribution in [-0.2, 0) is 15.1 Å². The average molecular weight is 286 g/mol. The number of benzene rings is 1. The monoisotopic (exact) mass is 286 g/mol. The second-order valence-corrected chi connectivity index (χ2v) is 5.02. The van der Waals surface area contributed by atoms with Crippen LogP contribution < -0.4 is 0 Å². The predicted octanol–water partition coefficient (Wildman–Crippen LogP) is 3.15. The van der Waals surface area contributed by atoms with Crippen LogP contribution in [0.5, 0.6) is 0 Å². The molecule has 0 saturated carbocycles. The van der Waals surface area contributed by atoms with Crippen molar-refractivity contribution in [2.75, 3.05) is 7.11 Å². The van der Waals surface area contributed by atoms with E-state index < -0.39 is 29.1 Å². The Balaban J connectivity index is 3.16. The molecule has 0 aromatic heterocycles. The summed E-state index contributed by atoms with van der Waals surface area (Å²) < 4.78 is 31.3. The number of carbonyl (C=O) groups is 1. The molecule has 0 radical (unpaired) electrons. The zero-order chi connectivity index (χ0) is 15.3. The number of rotatable bonds is 6. The lowest BCUT2D eigenvalue weighted by atomic mass is 9.80. The normalized spacial score (nSPS) is 15.5. The Morgan fingerprint density at radius 2 is 1.90 bits per heavy atom. The third kappa shape index (κ3) is 3.76. The molecule has 0 aliphatic carbocycles. The summed E-state index contributed by atoms with van der Waals surface area (Å²) >= 11 is 0. The van der Waals surface area contributed by atoms with Gasteiger partial charge in [-0.2, -0.15) is 0 Å². The third-order valence-electron chi connectivity index (χ3n) is 3.46. The minimum absolute atomic E-state index is 0.0292. The minimum Gasteiger partial charge on any atom is -0.469 e. The highest BCUT2D eigenvalue weighted by Gasteiger charge is 2.39. The molecule has 0 aliphatic rings. The van der Waals surface area contributed by atoms with Gasteiger partial charge < -0.3 is 9.84 Å². The third-order valence-corrected chi connectivity index (χ3v) is 3.46. The molecular weight excluding hydrogens is 266 g/mol. The Hall–Kier alpha value is -1.49. The van der Waals surface area contributed by atoms with Gasteiger partial charge in [-0.05, 0) is 31.0 Å². The van der Waals surface area contributed by atoms with Crippen LogP contribution in [0.2, 0.25) is 0 Å². The van der Waals surface area contributed by atoms with Gasteiger partial charge in [0.1, 0.15) is 17.2 Å². The van der Waals surface area contributed by atoms with Gasteiger partial charge in [-0.3, -0.25) is 4.79 Å². The Kier molecular flexibility index (Phi) is 5.62. The molecule has 0 amide bonds. The van der Waals surface area contributed by atoms with E-state index in [1.807, 2.05) is 6.92 Å². The van der Waals surface area contributed by atoms with Crippen molar-refractivity contribution in [3.63, 3.8) is 0 Å². The van der Waals surface area contributed by atoms with E-state index in [1.165, 1.54) is 14.0 Å². The highest BCUT2D eigenvalue weighted by atomic mass is 19.1. The van der Waals surface area contributed by atoms with Crippen molar-refractivity contribution >= 4 is 5.97 Å². The fourth-order valence-corrected chi connectivity index (χ4v) is 2.23. The number of unbranched alkanes of at least 4 members (excludes halogenated alkanes) is 1. The lowest BCUT2D eigenvalue weighted by Gasteiger charge is -2.31. The first kappa shape index (κ1) is 16.6. The van der Waals surface area contributed by atoms with E-state index >= 15 is 0 Å². The summed E-state index contributed by atoms with van der Waals surface area (Å²) in [5.41, 5.74) is -1.66. The molecule has 0 spiro atoms. The molecule has 20 heavy (non-hydrogen) atoms. The molecule has 0 aliphatic heterocycles. The van der Waals surface area contributed by atoms with Crippen molar-refractivity contribution < 1.29 is 23.4 Å². The standard InChI is InChI=1S/C15H20F2O3/c1-4-5-6-13(14(18)20-3)15(2,19)10-7-11(16)9-12(17)8-10/h7-9,13,19H,4-6H2,1-3H3. The molecule has 2 atom stereocenters. The number of ether oxygens (including phenoxy) is 1. The van der Waals surface area contributed by atoms with Crippen molar-refractivity contribution in [1.82, 2.24) is 0 Å². The van der Waals surface area contributed by atoms with Crippen LogP contribution in [0.4, 0.5) is 8.78 Å². The number of esters is 1. The van der Waals surface area contributed by atoms with Crippen molar-refractivity contribution in [1.29, 1.82) is 0 Å². The molecule has 0 saturated heterocycles. The van der Waals surface area contributed by atoms with E-state index in [0.717, 1.165) is 24.6 Å². The summed E-state index contributed by atoms with van der Waals surface area (Å²) in [5, 5.41) is 10.6. The highest BCUT2D eigenvalue weighted by Crippen LogP contribution is 2.34. The van der Waals surface area contributed by atoms with Gasteiger partial charge in [0.2, 0.25) is 0 Å². The molecule has 5 heteroatoms. The summed E-state index contributed by atoms with van der Waals surface area (Å²) in [5.74, 6) is -3.04. The number of halogens is 2. The molecular formula is C15H20F2O3. The Bertz CT molecular complexity index is 452. The van der Waals surface area contributed by atoms with Gasteiger partial charge in [0.05, 0.1) is 13.0 Å². The quantitative estimate of drug-likeness (QED) is 0.817. The number of methoxy groups -OCH3 is 1. The molecule has 0 bridgehead atoms. The van der Waals surface area contributed by atoms with Gasteiger partial charge in [-0.15, -0.1) is 0 Å². The lowest BCUT2D eigenvalue weighted by Crippen LogP contribution is -2.38. The lowest BCUT2D eigenvalue weighted by molar-refractivity contribution is -0.156. The SMILES string of the molecule is CCCCC(C(=O)OC)C(C)(O)c1cc(F)cc(F)c1. The Labute approximate surface area is 117 Å². The molecule has 0 fully saturated rings. The summed E-state index contributed by atoms with van der Waals surface area (Å²) in [4.78, 5) is 11.8. The number of carbonyl (C=O) groups excluding carboxylic acids is 1. The number of aliphatic hydroxyl groups is 1. The molecule has 1 N–H and O–H groups in total. The minimum atomic E-state index is -1.69. The first-order valence-corrected chi connectivity index (χ1v) is 6.59. The fraction of sp³-hybridized carbons (Fsp3) is 0.533. The molecule has 0 heterocycles. The fourth-order valence-electron chi connectivity index (χ4n) is 2.23. The van der Waals surface area contributed by atoms with E-state index in [9.17, 15) is 18.7 Å². The summed E-state index contributed by atoms with van der Waals surface area (Å²) in [7, 11) is 1.23. The van der Waals surface area contributed by atoms with E-state index in [0.29, 0.717) is 12.8 Å². The Morgan fingerprint density at radius 3 is 2.35 bits per heavy atom. The summed E-state index contributed by atoms with van der Waals surface area (Å²) in [6.45, 7) is 3.32. The van der Waals surface area contributed by atoms with Gasteiger partial charge in [0.25, 0.3) is 0 Å². The van der Waals surface area contributed by atoms with Crippen molar-refractivity contribution in [2.45, 2.75) is 38.7 Å². The van der Waals surface area contributed by atoms with Crippen molar-refractivity contribution in [3.8, 4) is 0 Å². The van der Waals surface area contributed by atoms with Crippen molar-refractivity contribution in [2.24, 2.45) is 5.92 Å². The van der Waals surface area contributed by atoms with Crippen LogP contribution in [0.3, 0.4) is 0 Å². The summed E-state index contributed by atoms with van der Waals surface area (Å²) in [6, 6.07) is 2.79. The van der Waals surface area contributed by atoms with Gasteiger partial charge in [0, 0.05) is 6.07 Å². The summed E-state index contributed by atoms with van der Waals surface area (Å²) in [6.07, 6.45) is 1.92. The van der Waals surface area contributed by atoms with Gasteiger partial charge in [-0.1, -0.05) is 19.8 Å². The number of hydrogen-bond donors (Lipinski definition) is 1. The molecule has 1 aromatic carbocycles. The molecule has 112 valence electrons. The highest BCUT2D eigenvalue weighted by molar-refractivity contribution is 5.74. The van der Waals surface area contributed by atoms with E-state index in [-0.39, 0.29) is 5.56 Å².